The zero-order valence-electron chi connectivity index (χ0n) is 14.4. The molecule has 0 spiro atoms. The smallest absolute Gasteiger partial charge is 0.191 e. The number of ether oxygens (including phenoxy) is 1. The molecule has 0 saturated carbocycles. The number of rotatable bonds is 5. The number of nitrogens with zero attached hydrogens (tertiary/aromatic N) is 1. The van der Waals surface area contributed by atoms with Crippen molar-refractivity contribution in [1.82, 2.24) is 15.6 Å². The summed E-state index contributed by atoms with van der Waals surface area (Å²) in [6.45, 7) is 4.65. The lowest BCUT2D eigenvalue weighted by molar-refractivity contribution is 0.0243. The SMILES string of the molecule is CN=C(NCCc1cc2ccccc2[nH]1)NCC1(C)CCCO1.I. The van der Waals surface area contributed by atoms with Crippen LogP contribution in [-0.4, -0.2) is 43.3 Å². The molecule has 1 aliphatic heterocycles. The molecule has 3 N–H and O–H groups in total. The highest BCUT2D eigenvalue weighted by Gasteiger charge is 2.29. The van der Waals surface area contributed by atoms with Crippen LogP contribution in [0.25, 0.3) is 10.9 Å². The Balaban J connectivity index is 0.00000208. The number of para-hydroxylation sites is 1. The lowest BCUT2D eigenvalue weighted by atomic mass is 10.0. The van der Waals surface area contributed by atoms with Crippen molar-refractivity contribution >= 4 is 40.8 Å². The van der Waals surface area contributed by atoms with Gasteiger partial charge in [-0.1, -0.05) is 18.2 Å². The van der Waals surface area contributed by atoms with Crippen LogP contribution in [0.4, 0.5) is 0 Å². The number of aromatic amines is 1. The van der Waals surface area contributed by atoms with Crippen LogP contribution >= 0.6 is 24.0 Å². The first-order valence-corrected chi connectivity index (χ1v) is 8.34. The minimum atomic E-state index is -0.0607. The molecule has 6 heteroatoms. The number of guanidine groups is 1. The van der Waals surface area contributed by atoms with E-state index >= 15 is 0 Å². The number of aliphatic imine (C=N–C) groups is 1. The molecule has 2 heterocycles. The van der Waals surface area contributed by atoms with E-state index in [1.165, 1.54) is 16.6 Å². The molecule has 1 aliphatic rings. The number of hydrogen-bond acceptors (Lipinski definition) is 2. The lowest BCUT2D eigenvalue weighted by Gasteiger charge is -2.24. The average Bonchev–Trinajstić information content (AvgIpc) is 3.17. The van der Waals surface area contributed by atoms with Gasteiger partial charge in [0.2, 0.25) is 0 Å². The van der Waals surface area contributed by atoms with Crippen molar-refractivity contribution in [3.05, 3.63) is 36.0 Å². The quantitative estimate of drug-likeness (QED) is 0.379. The third-order valence-corrected chi connectivity index (χ3v) is 4.43. The summed E-state index contributed by atoms with van der Waals surface area (Å²) in [7, 11) is 1.80. The van der Waals surface area contributed by atoms with Crippen LogP contribution < -0.4 is 10.6 Å². The highest BCUT2D eigenvalue weighted by molar-refractivity contribution is 14.0. The van der Waals surface area contributed by atoms with Crippen molar-refractivity contribution in [3.8, 4) is 0 Å². The van der Waals surface area contributed by atoms with E-state index in [-0.39, 0.29) is 29.6 Å². The number of benzene rings is 1. The zero-order chi connectivity index (χ0) is 16.1. The number of halogens is 1. The van der Waals surface area contributed by atoms with Gasteiger partial charge in [-0.25, -0.2) is 0 Å². The fourth-order valence-electron chi connectivity index (χ4n) is 3.05. The normalized spacial score (nSPS) is 20.8. The molecule has 0 amide bonds. The summed E-state index contributed by atoms with van der Waals surface area (Å²) in [5.41, 5.74) is 2.37. The molecule has 2 aromatic rings. The predicted molar refractivity (Wildman–Crippen MR) is 110 cm³/mol. The van der Waals surface area contributed by atoms with Gasteiger partial charge in [-0.2, -0.15) is 0 Å². The maximum atomic E-state index is 5.79. The Morgan fingerprint density at radius 1 is 1.33 bits per heavy atom. The van der Waals surface area contributed by atoms with E-state index in [2.05, 4.69) is 57.9 Å². The molecule has 1 saturated heterocycles. The molecule has 0 bridgehead atoms. The van der Waals surface area contributed by atoms with Crippen molar-refractivity contribution in [2.45, 2.75) is 31.8 Å². The van der Waals surface area contributed by atoms with Crippen molar-refractivity contribution in [2.75, 3.05) is 26.7 Å². The van der Waals surface area contributed by atoms with Gasteiger partial charge in [0.15, 0.2) is 5.96 Å². The van der Waals surface area contributed by atoms with Crippen LogP contribution in [-0.2, 0) is 11.2 Å². The van der Waals surface area contributed by atoms with E-state index in [0.717, 1.165) is 44.9 Å². The van der Waals surface area contributed by atoms with Crippen LogP contribution in [0.2, 0.25) is 0 Å². The second kappa shape index (κ2) is 8.71. The van der Waals surface area contributed by atoms with Gasteiger partial charge in [-0.15, -0.1) is 24.0 Å². The van der Waals surface area contributed by atoms with Gasteiger partial charge in [0, 0.05) is 44.4 Å². The first-order chi connectivity index (χ1) is 11.2. The van der Waals surface area contributed by atoms with Gasteiger partial charge in [0.25, 0.3) is 0 Å². The highest BCUT2D eigenvalue weighted by atomic mass is 127. The van der Waals surface area contributed by atoms with E-state index in [4.69, 9.17) is 4.74 Å². The molecule has 132 valence electrons. The third-order valence-electron chi connectivity index (χ3n) is 4.43. The summed E-state index contributed by atoms with van der Waals surface area (Å²) in [5, 5.41) is 8.00. The molecule has 5 nitrogen and oxygen atoms in total. The number of nitrogens with one attached hydrogen (secondary N) is 3. The van der Waals surface area contributed by atoms with Crippen molar-refractivity contribution in [2.24, 2.45) is 4.99 Å². The van der Waals surface area contributed by atoms with Gasteiger partial charge in [0.05, 0.1) is 5.60 Å². The van der Waals surface area contributed by atoms with Crippen LogP contribution in [0.3, 0.4) is 0 Å². The molecule has 1 atom stereocenters. The highest BCUT2D eigenvalue weighted by Crippen LogP contribution is 2.23. The molecule has 24 heavy (non-hydrogen) atoms. The Kier molecular flexibility index (Phi) is 6.91. The predicted octanol–water partition coefficient (Wildman–Crippen LogP) is 3.06. The zero-order valence-corrected chi connectivity index (χ0v) is 16.7. The summed E-state index contributed by atoms with van der Waals surface area (Å²) in [6, 6.07) is 10.6. The number of hydrogen-bond donors (Lipinski definition) is 3. The molecule has 1 fully saturated rings. The van der Waals surface area contributed by atoms with Gasteiger partial charge in [-0.05, 0) is 37.3 Å². The minimum absolute atomic E-state index is 0. The van der Waals surface area contributed by atoms with E-state index < -0.39 is 0 Å². The van der Waals surface area contributed by atoms with Crippen molar-refractivity contribution in [1.29, 1.82) is 0 Å². The number of fused-ring (bicyclic) bond motifs is 1. The Morgan fingerprint density at radius 3 is 2.88 bits per heavy atom. The topological polar surface area (TPSA) is 61.4 Å². The first-order valence-electron chi connectivity index (χ1n) is 8.34. The molecule has 0 radical (unpaired) electrons. The summed E-state index contributed by atoms with van der Waals surface area (Å²) >= 11 is 0. The summed E-state index contributed by atoms with van der Waals surface area (Å²) < 4.78 is 5.79. The fourth-order valence-corrected chi connectivity index (χ4v) is 3.05. The summed E-state index contributed by atoms with van der Waals surface area (Å²) in [5.74, 6) is 0.831. The van der Waals surface area contributed by atoms with Crippen molar-refractivity contribution < 1.29 is 4.74 Å². The molecular formula is C18H27IN4O. The summed E-state index contributed by atoms with van der Waals surface area (Å²) in [6.07, 6.45) is 3.18. The van der Waals surface area contributed by atoms with Crippen molar-refractivity contribution in [3.63, 3.8) is 0 Å². The number of aromatic nitrogens is 1. The lowest BCUT2D eigenvalue weighted by Crippen LogP contribution is -2.45. The van der Waals surface area contributed by atoms with Gasteiger partial charge < -0.3 is 20.4 Å². The van der Waals surface area contributed by atoms with E-state index in [1.54, 1.807) is 7.05 Å². The molecular weight excluding hydrogens is 415 g/mol. The maximum Gasteiger partial charge on any atom is 0.191 e. The second-order valence-corrected chi connectivity index (χ2v) is 6.39. The van der Waals surface area contributed by atoms with Gasteiger partial charge >= 0.3 is 0 Å². The van der Waals surface area contributed by atoms with Crippen LogP contribution in [0.1, 0.15) is 25.5 Å². The Hall–Kier alpha value is -1.28. The summed E-state index contributed by atoms with van der Waals surface area (Å²) in [4.78, 5) is 7.73. The number of H-pyrrole nitrogens is 1. The van der Waals surface area contributed by atoms with Crippen LogP contribution in [0.15, 0.2) is 35.3 Å². The molecule has 1 aromatic heterocycles. The Morgan fingerprint density at radius 2 is 2.17 bits per heavy atom. The Labute approximate surface area is 160 Å². The maximum absolute atomic E-state index is 5.79. The first kappa shape index (κ1) is 19.1. The van der Waals surface area contributed by atoms with Crippen LogP contribution in [0, 0.1) is 0 Å². The molecule has 1 aromatic carbocycles. The second-order valence-electron chi connectivity index (χ2n) is 6.39. The van der Waals surface area contributed by atoms with Crippen LogP contribution in [0.5, 0.6) is 0 Å². The van der Waals surface area contributed by atoms with E-state index in [9.17, 15) is 0 Å². The van der Waals surface area contributed by atoms with E-state index in [0.29, 0.717) is 0 Å². The molecule has 3 rings (SSSR count). The molecule has 1 unspecified atom stereocenters. The van der Waals surface area contributed by atoms with Gasteiger partial charge in [0.1, 0.15) is 0 Å². The largest absolute Gasteiger partial charge is 0.373 e. The van der Waals surface area contributed by atoms with E-state index in [1.807, 2.05) is 0 Å². The Bertz CT molecular complexity index is 643. The molecule has 0 aliphatic carbocycles. The standard InChI is InChI=1S/C18H26N4O.HI/c1-18(9-5-11-23-18)13-21-17(19-2)20-10-8-15-12-14-6-3-4-7-16(14)22-15;/h3-4,6-7,12,22H,5,8-11,13H2,1-2H3,(H2,19,20,21);1H. The fraction of sp³-hybridized carbons (Fsp3) is 0.500. The van der Waals surface area contributed by atoms with Gasteiger partial charge in [-0.3, -0.25) is 4.99 Å². The minimum Gasteiger partial charge on any atom is -0.373 e. The monoisotopic (exact) mass is 442 g/mol. The average molecular weight is 442 g/mol. The third kappa shape index (κ3) is 4.86.